The van der Waals surface area contributed by atoms with Gasteiger partial charge < -0.3 is 20.2 Å². The van der Waals surface area contributed by atoms with Crippen LogP contribution in [0.5, 0.6) is 0 Å². The Balaban J connectivity index is 1.54. The van der Waals surface area contributed by atoms with Crippen LogP contribution in [0.2, 0.25) is 0 Å². The van der Waals surface area contributed by atoms with Crippen LogP contribution in [0.15, 0.2) is 0 Å². The molecular formula is C18H29N3O4. The third-order valence-corrected chi connectivity index (χ3v) is 5.80. The summed E-state index contributed by atoms with van der Waals surface area (Å²) in [5.41, 5.74) is 0. The van der Waals surface area contributed by atoms with Gasteiger partial charge in [0.05, 0.1) is 12.0 Å². The van der Waals surface area contributed by atoms with Gasteiger partial charge in [0.1, 0.15) is 0 Å². The molecule has 2 heterocycles. The number of carbonyl (C=O) groups is 3. The number of amides is 3. The van der Waals surface area contributed by atoms with Crippen molar-refractivity contribution in [2.75, 3.05) is 19.6 Å². The van der Waals surface area contributed by atoms with Crippen LogP contribution in [0.1, 0.15) is 51.9 Å². The molecule has 2 aliphatic heterocycles. The topological polar surface area (TPSA) is 90.0 Å². The highest BCUT2D eigenvalue weighted by Crippen LogP contribution is 2.27. The molecule has 1 aliphatic carbocycles. The highest BCUT2D eigenvalue weighted by molar-refractivity contribution is 5.82. The molecule has 2 saturated heterocycles. The molecule has 0 spiro atoms. The summed E-state index contributed by atoms with van der Waals surface area (Å²) < 4.78 is 0. The first kappa shape index (κ1) is 18.0. The quantitative estimate of drug-likeness (QED) is 0.809. The molecule has 0 aromatic rings. The lowest BCUT2D eigenvalue weighted by Gasteiger charge is -2.35. The van der Waals surface area contributed by atoms with Gasteiger partial charge in [0.15, 0.2) is 0 Å². The molecule has 3 aliphatic rings. The van der Waals surface area contributed by atoms with Gasteiger partial charge in [-0.1, -0.05) is 26.2 Å². The lowest BCUT2D eigenvalue weighted by Crippen LogP contribution is -2.52. The number of carbonyl (C=O) groups excluding carboxylic acids is 2. The van der Waals surface area contributed by atoms with Crippen molar-refractivity contribution in [1.29, 1.82) is 0 Å². The number of hydrogen-bond donors (Lipinski definition) is 2. The summed E-state index contributed by atoms with van der Waals surface area (Å²) in [5.74, 6) is -1.04. The van der Waals surface area contributed by atoms with Crippen molar-refractivity contribution in [2.45, 2.75) is 64.0 Å². The summed E-state index contributed by atoms with van der Waals surface area (Å²) in [6.07, 6.45) is 6.69. The zero-order valence-electron chi connectivity index (χ0n) is 14.9. The van der Waals surface area contributed by atoms with Crippen molar-refractivity contribution in [1.82, 2.24) is 15.1 Å². The average molecular weight is 351 g/mol. The Hall–Kier alpha value is -1.79. The normalized spacial score (nSPS) is 31.2. The van der Waals surface area contributed by atoms with Crippen molar-refractivity contribution in [3.05, 3.63) is 0 Å². The number of likely N-dealkylation sites (tertiary alicyclic amines) is 2. The summed E-state index contributed by atoms with van der Waals surface area (Å²) in [4.78, 5) is 39.7. The monoisotopic (exact) mass is 351 g/mol. The molecule has 140 valence electrons. The molecule has 0 aromatic carbocycles. The molecule has 3 amide bonds. The van der Waals surface area contributed by atoms with Gasteiger partial charge in [-0.3, -0.25) is 9.59 Å². The van der Waals surface area contributed by atoms with Crippen molar-refractivity contribution in [3.63, 3.8) is 0 Å². The van der Waals surface area contributed by atoms with Crippen molar-refractivity contribution in [2.24, 2.45) is 11.8 Å². The lowest BCUT2D eigenvalue weighted by atomic mass is 9.91. The smallest absolute Gasteiger partial charge is 0.317 e. The Bertz CT molecular complexity index is 532. The van der Waals surface area contributed by atoms with Crippen LogP contribution in [0.4, 0.5) is 4.79 Å². The molecule has 3 unspecified atom stereocenters. The molecule has 2 N–H and O–H groups in total. The van der Waals surface area contributed by atoms with E-state index in [0.29, 0.717) is 32.0 Å². The van der Waals surface area contributed by atoms with Crippen molar-refractivity contribution >= 4 is 17.9 Å². The zero-order chi connectivity index (χ0) is 18.0. The van der Waals surface area contributed by atoms with Crippen LogP contribution in [0.25, 0.3) is 0 Å². The molecule has 3 atom stereocenters. The van der Waals surface area contributed by atoms with E-state index in [9.17, 15) is 19.5 Å². The number of nitrogens with one attached hydrogen (secondary N) is 1. The van der Waals surface area contributed by atoms with Gasteiger partial charge in [-0.25, -0.2) is 4.79 Å². The number of carboxylic acids is 1. The fraction of sp³-hybridized carbons (Fsp3) is 0.833. The fourth-order valence-electron chi connectivity index (χ4n) is 4.54. The fourth-order valence-corrected chi connectivity index (χ4v) is 4.54. The number of hydrogen-bond acceptors (Lipinski definition) is 3. The minimum Gasteiger partial charge on any atom is -0.481 e. The summed E-state index contributed by atoms with van der Waals surface area (Å²) in [6, 6.07) is -0.0712. The van der Waals surface area contributed by atoms with E-state index in [1.54, 1.807) is 4.90 Å². The van der Waals surface area contributed by atoms with Crippen LogP contribution in [0.3, 0.4) is 0 Å². The molecule has 0 aromatic heterocycles. The summed E-state index contributed by atoms with van der Waals surface area (Å²) in [5, 5.41) is 12.2. The molecule has 7 heteroatoms. The Labute approximate surface area is 148 Å². The Morgan fingerprint density at radius 2 is 1.84 bits per heavy atom. The predicted octanol–water partition coefficient (Wildman–Crippen LogP) is 1.67. The number of nitrogens with zero attached hydrogens (tertiary/aromatic N) is 2. The van der Waals surface area contributed by atoms with Crippen LogP contribution < -0.4 is 5.32 Å². The van der Waals surface area contributed by atoms with E-state index >= 15 is 0 Å². The Kier molecular flexibility index (Phi) is 5.49. The predicted molar refractivity (Wildman–Crippen MR) is 92.0 cm³/mol. The van der Waals surface area contributed by atoms with Crippen LogP contribution >= 0.6 is 0 Å². The number of aliphatic carboxylic acids is 1. The van der Waals surface area contributed by atoms with Crippen LogP contribution in [-0.4, -0.2) is 64.5 Å². The summed E-state index contributed by atoms with van der Waals surface area (Å²) in [7, 11) is 0. The van der Waals surface area contributed by atoms with E-state index in [1.807, 2.05) is 11.8 Å². The maximum absolute atomic E-state index is 12.5. The third kappa shape index (κ3) is 4.25. The second-order valence-electron chi connectivity index (χ2n) is 7.97. The second-order valence-corrected chi connectivity index (χ2v) is 7.97. The van der Waals surface area contributed by atoms with Crippen molar-refractivity contribution in [3.8, 4) is 0 Å². The van der Waals surface area contributed by atoms with Gasteiger partial charge >= 0.3 is 12.0 Å². The van der Waals surface area contributed by atoms with E-state index in [1.165, 1.54) is 19.3 Å². The minimum absolute atomic E-state index is 0.132. The highest BCUT2D eigenvalue weighted by atomic mass is 16.4. The number of piperidine rings is 1. The van der Waals surface area contributed by atoms with E-state index < -0.39 is 11.9 Å². The van der Waals surface area contributed by atoms with Crippen LogP contribution in [-0.2, 0) is 9.59 Å². The van der Waals surface area contributed by atoms with Gasteiger partial charge in [-0.15, -0.1) is 0 Å². The maximum atomic E-state index is 12.5. The van der Waals surface area contributed by atoms with Crippen LogP contribution in [0, 0.1) is 11.8 Å². The number of carboxylic acid groups (broad SMARTS) is 1. The lowest BCUT2D eigenvalue weighted by molar-refractivity contribution is -0.143. The molecule has 3 rings (SSSR count). The number of rotatable bonds is 3. The first-order valence-electron chi connectivity index (χ1n) is 9.51. The standard InChI is InChI=1S/C18H29N3O4/c1-12-7-13(17(23)24)10-20(9-12)18(25)19-14-8-16(22)21(11-14)15-5-3-2-4-6-15/h12-15H,2-11H2,1H3,(H,19,25)(H,23,24). The van der Waals surface area contributed by atoms with E-state index in [2.05, 4.69) is 5.32 Å². The van der Waals surface area contributed by atoms with E-state index in [0.717, 1.165) is 12.8 Å². The Morgan fingerprint density at radius 3 is 2.52 bits per heavy atom. The zero-order valence-corrected chi connectivity index (χ0v) is 14.9. The SMILES string of the molecule is CC1CC(C(=O)O)CN(C(=O)NC2CC(=O)N(C3CCCCC3)C2)C1. The number of urea groups is 1. The maximum Gasteiger partial charge on any atom is 0.317 e. The first-order valence-corrected chi connectivity index (χ1v) is 9.51. The third-order valence-electron chi connectivity index (χ3n) is 5.80. The molecule has 3 fully saturated rings. The summed E-state index contributed by atoms with van der Waals surface area (Å²) in [6.45, 7) is 3.38. The van der Waals surface area contributed by atoms with Gasteiger partial charge in [-0.05, 0) is 25.2 Å². The first-order chi connectivity index (χ1) is 11.9. The summed E-state index contributed by atoms with van der Waals surface area (Å²) >= 11 is 0. The van der Waals surface area contributed by atoms with Gasteiger partial charge in [-0.2, -0.15) is 0 Å². The molecular weight excluding hydrogens is 322 g/mol. The van der Waals surface area contributed by atoms with Gasteiger partial charge in [0.25, 0.3) is 0 Å². The Morgan fingerprint density at radius 1 is 1.12 bits per heavy atom. The highest BCUT2D eigenvalue weighted by Gasteiger charge is 2.37. The molecule has 0 radical (unpaired) electrons. The molecule has 25 heavy (non-hydrogen) atoms. The van der Waals surface area contributed by atoms with Crippen molar-refractivity contribution < 1.29 is 19.5 Å². The van der Waals surface area contributed by atoms with E-state index in [4.69, 9.17) is 0 Å². The molecule has 0 bridgehead atoms. The average Bonchev–Trinajstić information content (AvgIpc) is 2.95. The molecule has 1 saturated carbocycles. The van der Waals surface area contributed by atoms with E-state index in [-0.39, 0.29) is 30.4 Å². The van der Waals surface area contributed by atoms with Gasteiger partial charge in [0, 0.05) is 32.1 Å². The molecule has 7 nitrogen and oxygen atoms in total. The largest absolute Gasteiger partial charge is 0.481 e. The van der Waals surface area contributed by atoms with Gasteiger partial charge in [0.2, 0.25) is 5.91 Å². The second kappa shape index (κ2) is 7.62. The minimum atomic E-state index is -0.844.